The Morgan fingerprint density at radius 1 is 1.28 bits per heavy atom. The normalized spacial score (nSPS) is 12.7. The van der Waals surface area contributed by atoms with Crippen LogP contribution in [0.25, 0.3) is 0 Å². The molecular weight excluding hydrogens is 397 g/mol. The highest BCUT2D eigenvalue weighted by Crippen LogP contribution is 2.37. The van der Waals surface area contributed by atoms with E-state index in [1.165, 1.54) is 10.4 Å². The van der Waals surface area contributed by atoms with E-state index in [9.17, 15) is 0 Å². The lowest BCUT2D eigenvalue weighted by Gasteiger charge is -2.18. The van der Waals surface area contributed by atoms with Crippen molar-refractivity contribution in [3.8, 4) is 0 Å². The predicted octanol–water partition coefficient (Wildman–Crippen LogP) is 5.54. The molecule has 2 rings (SSSR count). The van der Waals surface area contributed by atoms with Gasteiger partial charge in [0, 0.05) is 9.35 Å². The lowest BCUT2D eigenvalue weighted by molar-refractivity contribution is 0.690. The van der Waals surface area contributed by atoms with Gasteiger partial charge in [-0.05, 0) is 69.1 Å². The average Bonchev–Trinajstić information content (AvgIpc) is 2.65. The van der Waals surface area contributed by atoms with Gasteiger partial charge < -0.3 is 5.32 Å². The fraction of sp³-hybridized carbons (Fsp3) is 0.231. The van der Waals surface area contributed by atoms with Crippen molar-refractivity contribution in [3.05, 3.63) is 53.6 Å². The minimum absolute atomic E-state index is 0.109. The van der Waals surface area contributed by atoms with Gasteiger partial charge in [0.2, 0.25) is 0 Å². The van der Waals surface area contributed by atoms with Gasteiger partial charge in [-0.3, -0.25) is 0 Å². The number of hydrogen-bond donors (Lipinski definition) is 1. The van der Waals surface area contributed by atoms with Crippen LogP contribution in [0.5, 0.6) is 0 Å². The smallest absolute Gasteiger partial charge is 0.0704 e. The van der Waals surface area contributed by atoms with Crippen LogP contribution >= 0.6 is 54.8 Å². The van der Waals surface area contributed by atoms with Crippen molar-refractivity contribution in [2.75, 3.05) is 7.05 Å². The number of hydrogen-bond acceptors (Lipinski definition) is 2. The van der Waals surface area contributed by atoms with Gasteiger partial charge >= 0.3 is 0 Å². The highest BCUT2D eigenvalue weighted by atomic mass is 79.9. The number of thiophene rings is 1. The van der Waals surface area contributed by atoms with E-state index in [-0.39, 0.29) is 6.04 Å². The standard InChI is InChI=1S/C13H12Br2ClNS/c1-7-9(6-11(15)18-7)13(17-2)8-4-3-5-10(14)12(8)16/h3-6,13,17H,1-2H3. The topological polar surface area (TPSA) is 12.0 Å². The molecule has 1 aromatic heterocycles. The summed E-state index contributed by atoms with van der Waals surface area (Å²) in [6.45, 7) is 2.13. The zero-order chi connectivity index (χ0) is 13.3. The molecule has 0 saturated heterocycles. The Morgan fingerprint density at radius 2 is 2.00 bits per heavy atom. The second kappa shape index (κ2) is 6.06. The van der Waals surface area contributed by atoms with Crippen LogP contribution in [0.4, 0.5) is 0 Å². The molecule has 1 aromatic carbocycles. The van der Waals surface area contributed by atoms with Crippen LogP contribution < -0.4 is 5.32 Å². The first kappa shape index (κ1) is 14.5. The van der Waals surface area contributed by atoms with E-state index in [1.54, 1.807) is 11.3 Å². The Hall–Kier alpha value is 0.130. The van der Waals surface area contributed by atoms with Crippen LogP contribution in [0.15, 0.2) is 32.5 Å². The molecule has 5 heteroatoms. The van der Waals surface area contributed by atoms with Gasteiger partial charge in [0.15, 0.2) is 0 Å². The van der Waals surface area contributed by atoms with Crippen molar-refractivity contribution in [3.63, 3.8) is 0 Å². The van der Waals surface area contributed by atoms with Gasteiger partial charge in [-0.15, -0.1) is 11.3 Å². The van der Waals surface area contributed by atoms with Gasteiger partial charge in [-0.1, -0.05) is 23.7 Å². The zero-order valence-corrected chi connectivity index (χ0v) is 14.7. The van der Waals surface area contributed by atoms with Crippen LogP contribution in [0.1, 0.15) is 22.0 Å². The maximum atomic E-state index is 6.38. The summed E-state index contributed by atoms with van der Waals surface area (Å²) in [7, 11) is 1.95. The lowest BCUT2D eigenvalue weighted by atomic mass is 10.00. The molecule has 1 heterocycles. The molecule has 18 heavy (non-hydrogen) atoms. The third kappa shape index (κ3) is 2.83. The lowest BCUT2D eigenvalue weighted by Crippen LogP contribution is -2.18. The largest absolute Gasteiger partial charge is 0.309 e. The van der Waals surface area contributed by atoms with E-state index in [4.69, 9.17) is 11.6 Å². The summed E-state index contributed by atoms with van der Waals surface area (Å²) >= 11 is 15.1. The Labute approximate surface area is 133 Å². The fourth-order valence-corrected chi connectivity index (χ4v) is 4.33. The third-order valence-electron chi connectivity index (χ3n) is 2.82. The Kier molecular flexibility index (Phi) is 4.89. The summed E-state index contributed by atoms with van der Waals surface area (Å²) in [4.78, 5) is 1.29. The maximum absolute atomic E-state index is 6.38. The van der Waals surface area contributed by atoms with E-state index in [2.05, 4.69) is 56.2 Å². The quantitative estimate of drug-likeness (QED) is 0.701. The van der Waals surface area contributed by atoms with Crippen LogP contribution in [0.2, 0.25) is 5.02 Å². The molecular formula is C13H12Br2ClNS. The molecule has 0 radical (unpaired) electrons. The third-order valence-corrected chi connectivity index (χ3v) is 5.70. The number of benzene rings is 1. The van der Waals surface area contributed by atoms with Crippen molar-refractivity contribution < 1.29 is 0 Å². The Bertz CT molecular complexity index is 568. The molecule has 0 saturated carbocycles. The van der Waals surface area contributed by atoms with Gasteiger partial charge in [0.25, 0.3) is 0 Å². The minimum Gasteiger partial charge on any atom is -0.309 e. The predicted molar refractivity (Wildman–Crippen MR) is 86.8 cm³/mol. The van der Waals surface area contributed by atoms with E-state index in [0.717, 1.165) is 18.8 Å². The van der Waals surface area contributed by atoms with Gasteiger partial charge in [0.1, 0.15) is 0 Å². The summed E-state index contributed by atoms with van der Waals surface area (Å²) in [5.41, 5.74) is 2.34. The molecule has 1 unspecified atom stereocenters. The Balaban J connectivity index is 2.52. The molecule has 0 bridgehead atoms. The highest BCUT2D eigenvalue weighted by Gasteiger charge is 2.19. The van der Waals surface area contributed by atoms with Crippen LogP contribution in [0, 0.1) is 6.92 Å². The van der Waals surface area contributed by atoms with E-state index < -0.39 is 0 Å². The molecule has 2 aromatic rings. The van der Waals surface area contributed by atoms with Crippen molar-refractivity contribution >= 4 is 54.8 Å². The molecule has 0 fully saturated rings. The second-order valence-corrected chi connectivity index (χ2v) is 7.79. The maximum Gasteiger partial charge on any atom is 0.0704 e. The number of nitrogens with one attached hydrogen (secondary N) is 1. The van der Waals surface area contributed by atoms with E-state index in [1.807, 2.05) is 19.2 Å². The van der Waals surface area contributed by atoms with E-state index >= 15 is 0 Å². The summed E-state index contributed by atoms with van der Waals surface area (Å²) < 4.78 is 2.07. The first-order valence-electron chi connectivity index (χ1n) is 5.41. The summed E-state index contributed by atoms with van der Waals surface area (Å²) in [5, 5.41) is 4.10. The Morgan fingerprint density at radius 3 is 2.56 bits per heavy atom. The molecule has 96 valence electrons. The van der Waals surface area contributed by atoms with Crippen LogP contribution in [-0.4, -0.2) is 7.05 Å². The number of halogens is 3. The molecule has 0 aliphatic rings. The summed E-state index contributed by atoms with van der Waals surface area (Å²) in [6.07, 6.45) is 0. The molecule has 0 amide bonds. The molecule has 0 aliphatic heterocycles. The van der Waals surface area contributed by atoms with Crippen LogP contribution in [0.3, 0.4) is 0 Å². The first-order valence-corrected chi connectivity index (χ1v) is 8.19. The first-order chi connectivity index (χ1) is 8.54. The molecule has 0 aliphatic carbocycles. The van der Waals surface area contributed by atoms with E-state index in [0.29, 0.717) is 0 Å². The molecule has 1 nitrogen and oxygen atoms in total. The number of rotatable bonds is 3. The van der Waals surface area contributed by atoms with Gasteiger partial charge in [-0.25, -0.2) is 0 Å². The second-order valence-electron chi connectivity index (χ2n) is 3.93. The highest BCUT2D eigenvalue weighted by molar-refractivity contribution is 9.11. The van der Waals surface area contributed by atoms with Crippen molar-refractivity contribution in [1.82, 2.24) is 5.32 Å². The minimum atomic E-state index is 0.109. The van der Waals surface area contributed by atoms with Crippen molar-refractivity contribution in [2.24, 2.45) is 0 Å². The molecule has 1 N–H and O–H groups in total. The van der Waals surface area contributed by atoms with Crippen LogP contribution in [-0.2, 0) is 0 Å². The van der Waals surface area contributed by atoms with Crippen molar-refractivity contribution in [2.45, 2.75) is 13.0 Å². The van der Waals surface area contributed by atoms with Gasteiger partial charge in [-0.2, -0.15) is 0 Å². The number of aryl methyl sites for hydroxylation is 1. The monoisotopic (exact) mass is 407 g/mol. The average molecular weight is 410 g/mol. The van der Waals surface area contributed by atoms with Gasteiger partial charge in [0.05, 0.1) is 14.9 Å². The summed E-state index contributed by atoms with van der Waals surface area (Å²) in [6, 6.07) is 8.27. The van der Waals surface area contributed by atoms with Crippen molar-refractivity contribution in [1.29, 1.82) is 0 Å². The SMILES string of the molecule is CNC(c1cc(Br)sc1C)c1cccc(Br)c1Cl. The molecule has 1 atom stereocenters. The molecule has 0 spiro atoms. The zero-order valence-electron chi connectivity index (χ0n) is 9.93. The summed E-state index contributed by atoms with van der Waals surface area (Å²) in [5.74, 6) is 0. The fourth-order valence-electron chi connectivity index (χ4n) is 1.97.